The number of carboxylic acid groups (broad SMARTS) is 1. The second-order valence-electron chi connectivity index (χ2n) is 6.11. The predicted molar refractivity (Wildman–Crippen MR) is 71.4 cm³/mol. The molecule has 0 aromatic rings. The second-order valence-corrected chi connectivity index (χ2v) is 6.11. The van der Waals surface area contributed by atoms with Crippen molar-refractivity contribution >= 4 is 12.1 Å². The molecule has 2 atom stereocenters. The molecule has 20 heavy (non-hydrogen) atoms. The van der Waals surface area contributed by atoms with Crippen molar-refractivity contribution in [3.8, 4) is 0 Å². The maximum Gasteiger partial charge on any atom is 0.410 e. The van der Waals surface area contributed by atoms with Crippen LogP contribution in [0.1, 0.15) is 27.7 Å². The van der Waals surface area contributed by atoms with E-state index in [4.69, 9.17) is 9.84 Å². The van der Waals surface area contributed by atoms with Crippen LogP contribution in [0.25, 0.3) is 0 Å². The van der Waals surface area contributed by atoms with Crippen molar-refractivity contribution in [2.45, 2.75) is 45.4 Å². The van der Waals surface area contributed by atoms with E-state index in [9.17, 15) is 14.0 Å². The molecule has 0 aromatic heterocycles. The highest BCUT2D eigenvalue weighted by Crippen LogP contribution is 2.19. The van der Waals surface area contributed by atoms with Crippen LogP contribution in [0.2, 0.25) is 0 Å². The number of carbonyl (C=O) groups is 2. The summed E-state index contributed by atoms with van der Waals surface area (Å²) in [6.07, 6.45) is -0.488. The molecule has 7 heteroatoms. The number of rotatable bonds is 3. The quantitative estimate of drug-likeness (QED) is 0.849. The molecule has 6 nitrogen and oxygen atoms in total. The van der Waals surface area contributed by atoms with Crippen molar-refractivity contribution in [2.24, 2.45) is 0 Å². The van der Waals surface area contributed by atoms with Gasteiger partial charge in [0.25, 0.3) is 0 Å². The molecule has 1 aliphatic rings. The van der Waals surface area contributed by atoms with Gasteiger partial charge in [0, 0.05) is 19.1 Å². The van der Waals surface area contributed by atoms with Crippen LogP contribution in [-0.2, 0) is 9.53 Å². The fourth-order valence-electron chi connectivity index (χ4n) is 2.20. The minimum atomic E-state index is -0.999. The molecule has 1 rings (SSSR count). The summed E-state index contributed by atoms with van der Waals surface area (Å²) in [4.78, 5) is 25.8. The molecule has 1 amide bonds. The van der Waals surface area contributed by atoms with Crippen LogP contribution in [0.15, 0.2) is 0 Å². The Morgan fingerprint density at radius 3 is 2.40 bits per heavy atom. The smallest absolute Gasteiger partial charge is 0.410 e. The molecule has 0 unspecified atom stereocenters. The third-order valence-corrected chi connectivity index (χ3v) is 3.10. The lowest BCUT2D eigenvalue weighted by molar-refractivity contribution is -0.140. The third-order valence-electron chi connectivity index (χ3n) is 3.10. The van der Waals surface area contributed by atoms with Crippen molar-refractivity contribution in [2.75, 3.05) is 26.3 Å². The molecule has 0 saturated carbocycles. The van der Waals surface area contributed by atoms with E-state index in [1.807, 2.05) is 0 Å². The normalized spacial score (nSPS) is 24.6. The zero-order valence-corrected chi connectivity index (χ0v) is 12.4. The summed E-state index contributed by atoms with van der Waals surface area (Å²) in [6, 6.07) is -0.818. The van der Waals surface area contributed by atoms with Crippen LogP contribution in [0.5, 0.6) is 0 Å². The predicted octanol–water partition coefficient (Wildman–Crippen LogP) is 1.35. The number of ether oxygens (including phenoxy) is 1. The molecule has 0 aliphatic carbocycles. The number of aliphatic carboxylic acids is 1. The molecule has 1 aliphatic heterocycles. The zero-order chi connectivity index (χ0) is 15.5. The van der Waals surface area contributed by atoms with E-state index in [0.29, 0.717) is 6.54 Å². The van der Waals surface area contributed by atoms with Gasteiger partial charge >= 0.3 is 12.1 Å². The van der Waals surface area contributed by atoms with Gasteiger partial charge in [-0.05, 0) is 27.7 Å². The number of nitrogens with zero attached hydrogens (tertiary/aromatic N) is 2. The Morgan fingerprint density at radius 1 is 1.35 bits per heavy atom. The van der Waals surface area contributed by atoms with E-state index < -0.39 is 30.4 Å². The number of piperazine rings is 1. The number of hydrogen-bond donors (Lipinski definition) is 1. The number of halogens is 1. The lowest BCUT2D eigenvalue weighted by Gasteiger charge is -2.43. The van der Waals surface area contributed by atoms with E-state index in [-0.39, 0.29) is 19.1 Å². The largest absolute Gasteiger partial charge is 0.480 e. The first-order chi connectivity index (χ1) is 9.14. The lowest BCUT2D eigenvalue weighted by Crippen LogP contribution is -2.61. The monoisotopic (exact) mass is 290 g/mol. The average molecular weight is 290 g/mol. The van der Waals surface area contributed by atoms with Crippen molar-refractivity contribution in [3.05, 3.63) is 0 Å². The maximum absolute atomic E-state index is 13.1. The summed E-state index contributed by atoms with van der Waals surface area (Å²) >= 11 is 0. The molecule has 0 bridgehead atoms. The molecular weight excluding hydrogens is 267 g/mol. The van der Waals surface area contributed by atoms with E-state index in [0.717, 1.165) is 0 Å². The second kappa shape index (κ2) is 6.39. The Labute approximate surface area is 118 Å². The van der Waals surface area contributed by atoms with Crippen LogP contribution >= 0.6 is 0 Å². The van der Waals surface area contributed by atoms with Gasteiger partial charge in [0.1, 0.15) is 12.3 Å². The highest BCUT2D eigenvalue weighted by atomic mass is 19.1. The Morgan fingerprint density at radius 2 is 1.95 bits per heavy atom. The van der Waals surface area contributed by atoms with Crippen molar-refractivity contribution in [3.63, 3.8) is 0 Å². The number of alkyl halides is 1. The molecule has 1 N–H and O–H groups in total. The Kier molecular flexibility index (Phi) is 5.33. The van der Waals surface area contributed by atoms with Gasteiger partial charge in [0.15, 0.2) is 0 Å². The van der Waals surface area contributed by atoms with Gasteiger partial charge in [0.05, 0.1) is 12.6 Å². The van der Waals surface area contributed by atoms with Crippen LogP contribution < -0.4 is 0 Å². The molecule has 0 spiro atoms. The SMILES string of the molecule is C[C@@H]1CN(CC(=O)O)[C@@H](CF)CN1C(=O)OC(C)(C)C. The van der Waals surface area contributed by atoms with Crippen LogP contribution in [0, 0.1) is 0 Å². The number of amides is 1. The standard InChI is InChI=1S/C13H23FN2O4/c1-9-6-15(8-11(17)18)10(5-14)7-16(9)12(19)20-13(2,3)4/h9-10H,5-8H2,1-4H3,(H,17,18)/t9-,10+/m1/s1. The van der Waals surface area contributed by atoms with Crippen LogP contribution in [0.4, 0.5) is 9.18 Å². The van der Waals surface area contributed by atoms with Gasteiger partial charge in [-0.2, -0.15) is 0 Å². The van der Waals surface area contributed by atoms with E-state index in [2.05, 4.69) is 0 Å². The number of carbonyl (C=O) groups excluding carboxylic acids is 1. The van der Waals surface area contributed by atoms with Gasteiger partial charge < -0.3 is 14.7 Å². The first-order valence-electron chi connectivity index (χ1n) is 6.65. The zero-order valence-electron chi connectivity index (χ0n) is 12.4. The topological polar surface area (TPSA) is 70.1 Å². The van der Waals surface area contributed by atoms with Crippen molar-refractivity contribution in [1.82, 2.24) is 9.80 Å². The molecule has 1 saturated heterocycles. The highest BCUT2D eigenvalue weighted by molar-refractivity contribution is 5.70. The summed E-state index contributed by atoms with van der Waals surface area (Å²) in [6.45, 7) is 6.64. The van der Waals surface area contributed by atoms with Gasteiger partial charge in [-0.1, -0.05) is 0 Å². The Bertz CT molecular complexity index is 370. The molecule has 116 valence electrons. The lowest BCUT2D eigenvalue weighted by atomic mass is 10.1. The molecule has 1 heterocycles. The maximum atomic E-state index is 13.1. The van der Waals surface area contributed by atoms with Crippen LogP contribution in [0.3, 0.4) is 0 Å². The number of carboxylic acids is 1. The minimum absolute atomic E-state index is 0.139. The summed E-state index contributed by atoms with van der Waals surface area (Å²) < 4.78 is 18.4. The minimum Gasteiger partial charge on any atom is -0.480 e. The molecular formula is C13H23FN2O4. The Hall–Kier alpha value is -1.37. The fraction of sp³-hybridized carbons (Fsp3) is 0.846. The fourth-order valence-corrected chi connectivity index (χ4v) is 2.20. The summed E-state index contributed by atoms with van der Waals surface area (Å²) in [7, 11) is 0. The Balaban J connectivity index is 2.73. The third kappa shape index (κ3) is 4.63. The van der Waals surface area contributed by atoms with E-state index in [1.54, 1.807) is 32.6 Å². The van der Waals surface area contributed by atoms with Gasteiger partial charge in [-0.25, -0.2) is 9.18 Å². The summed E-state index contributed by atoms with van der Waals surface area (Å²) in [5.74, 6) is -0.999. The summed E-state index contributed by atoms with van der Waals surface area (Å²) in [5.41, 5.74) is -0.611. The average Bonchev–Trinajstić information content (AvgIpc) is 2.25. The van der Waals surface area contributed by atoms with Gasteiger partial charge in [-0.3, -0.25) is 9.69 Å². The summed E-state index contributed by atoms with van der Waals surface area (Å²) in [5, 5.41) is 8.82. The van der Waals surface area contributed by atoms with Crippen molar-refractivity contribution < 1.29 is 23.8 Å². The molecule has 0 aromatic carbocycles. The van der Waals surface area contributed by atoms with E-state index in [1.165, 1.54) is 4.90 Å². The van der Waals surface area contributed by atoms with Crippen molar-refractivity contribution in [1.29, 1.82) is 0 Å². The molecule has 0 radical (unpaired) electrons. The van der Waals surface area contributed by atoms with Gasteiger partial charge in [-0.15, -0.1) is 0 Å². The van der Waals surface area contributed by atoms with E-state index >= 15 is 0 Å². The van der Waals surface area contributed by atoms with Crippen LogP contribution in [-0.4, -0.2) is 71.0 Å². The number of hydrogen-bond acceptors (Lipinski definition) is 4. The first-order valence-corrected chi connectivity index (χ1v) is 6.65. The first kappa shape index (κ1) is 16.7. The highest BCUT2D eigenvalue weighted by Gasteiger charge is 2.36. The van der Waals surface area contributed by atoms with Gasteiger partial charge in [0.2, 0.25) is 0 Å². The molecule has 1 fully saturated rings.